The van der Waals surface area contributed by atoms with Crippen LogP contribution in [0, 0.1) is 0 Å². The first-order chi connectivity index (χ1) is 13.0. The lowest BCUT2D eigenvalue weighted by Crippen LogP contribution is -2.35. The molecule has 1 aliphatic heterocycles. The van der Waals surface area contributed by atoms with E-state index in [-0.39, 0.29) is 23.4 Å². The van der Waals surface area contributed by atoms with Crippen LogP contribution < -0.4 is 10.6 Å². The summed E-state index contributed by atoms with van der Waals surface area (Å²) >= 11 is 0. The van der Waals surface area contributed by atoms with Crippen molar-refractivity contribution in [1.82, 2.24) is 9.62 Å². The van der Waals surface area contributed by atoms with E-state index < -0.39 is 10.0 Å². The maximum Gasteiger partial charge on any atom is 0.243 e. The Bertz CT molecular complexity index is 859. The van der Waals surface area contributed by atoms with Gasteiger partial charge in [-0.2, -0.15) is 4.31 Å². The van der Waals surface area contributed by atoms with Gasteiger partial charge in [0.15, 0.2) is 0 Å². The van der Waals surface area contributed by atoms with Crippen LogP contribution >= 0.6 is 0 Å². The molecule has 0 spiro atoms. The van der Waals surface area contributed by atoms with Gasteiger partial charge in [-0.3, -0.25) is 10.1 Å². The number of piperidine rings is 1. The van der Waals surface area contributed by atoms with E-state index >= 15 is 0 Å². The van der Waals surface area contributed by atoms with Crippen LogP contribution in [0.3, 0.4) is 0 Å². The topological polar surface area (TPSA) is 91.7 Å². The second kappa shape index (κ2) is 8.69. The summed E-state index contributed by atoms with van der Waals surface area (Å²) in [5.74, 6) is 0.498. The first kappa shape index (κ1) is 19.6. The smallest absolute Gasteiger partial charge is 0.243 e. The van der Waals surface area contributed by atoms with Crippen molar-refractivity contribution in [2.45, 2.75) is 37.1 Å². The fraction of sp³-hybridized carbons (Fsp3) is 0.421. The van der Waals surface area contributed by atoms with Gasteiger partial charge in [0.1, 0.15) is 5.76 Å². The van der Waals surface area contributed by atoms with Gasteiger partial charge in [-0.1, -0.05) is 12.5 Å². The fourth-order valence-electron chi connectivity index (χ4n) is 3.08. The average molecular weight is 391 g/mol. The maximum absolute atomic E-state index is 12.8. The number of hydrogen-bond acceptors (Lipinski definition) is 5. The van der Waals surface area contributed by atoms with Crippen LogP contribution in [0.1, 0.15) is 38.0 Å². The Hall–Kier alpha value is -2.16. The number of furan rings is 1. The van der Waals surface area contributed by atoms with E-state index in [1.54, 1.807) is 30.5 Å². The van der Waals surface area contributed by atoms with Gasteiger partial charge in [0.25, 0.3) is 0 Å². The fourth-order valence-corrected chi connectivity index (χ4v) is 4.64. The van der Waals surface area contributed by atoms with Gasteiger partial charge in [-0.15, -0.1) is 0 Å². The summed E-state index contributed by atoms with van der Waals surface area (Å²) in [6, 6.07) is 9.94. The molecule has 2 N–H and O–H groups in total. The Kier molecular flexibility index (Phi) is 6.30. The van der Waals surface area contributed by atoms with Crippen molar-refractivity contribution >= 4 is 21.6 Å². The zero-order valence-electron chi connectivity index (χ0n) is 15.3. The van der Waals surface area contributed by atoms with Crippen LogP contribution in [0.2, 0.25) is 0 Å². The summed E-state index contributed by atoms with van der Waals surface area (Å²) < 4.78 is 32.3. The zero-order valence-corrected chi connectivity index (χ0v) is 16.2. The minimum absolute atomic E-state index is 0.0883. The third kappa shape index (κ3) is 4.97. The molecule has 8 heteroatoms. The van der Waals surface area contributed by atoms with Crippen molar-refractivity contribution in [3.8, 4) is 0 Å². The summed E-state index contributed by atoms with van der Waals surface area (Å²) in [5.41, 5.74) is 0.463. The standard InChI is InChI=1S/C19H25N3O4S/c1-15(18-9-6-12-26-18)20-14-19(23)21-16-7-5-8-17(13-16)27(24,25)22-10-3-2-4-11-22/h5-9,12-13,15,20H,2-4,10-11,14H2,1H3,(H,21,23)/t15-/m0/s1. The third-order valence-corrected chi connectivity index (χ3v) is 6.50. The SMILES string of the molecule is C[C@H](NCC(=O)Nc1cccc(S(=O)(=O)N2CCCCC2)c1)c1ccco1. The lowest BCUT2D eigenvalue weighted by atomic mass is 10.2. The number of carbonyl (C=O) groups excluding carboxylic acids is 1. The number of rotatable bonds is 7. The van der Waals surface area contributed by atoms with Crippen molar-refractivity contribution in [3.63, 3.8) is 0 Å². The molecule has 146 valence electrons. The number of anilines is 1. The van der Waals surface area contributed by atoms with Gasteiger partial charge < -0.3 is 9.73 Å². The molecule has 2 heterocycles. The Morgan fingerprint density at radius 2 is 1.96 bits per heavy atom. The van der Waals surface area contributed by atoms with E-state index in [0.29, 0.717) is 18.8 Å². The van der Waals surface area contributed by atoms with E-state index in [0.717, 1.165) is 25.0 Å². The van der Waals surface area contributed by atoms with Crippen molar-refractivity contribution in [2.24, 2.45) is 0 Å². The van der Waals surface area contributed by atoms with Crippen LogP contribution in [0.5, 0.6) is 0 Å². The monoisotopic (exact) mass is 391 g/mol. The summed E-state index contributed by atoms with van der Waals surface area (Å²) in [6.45, 7) is 3.09. The van der Waals surface area contributed by atoms with E-state index in [2.05, 4.69) is 10.6 Å². The highest BCUT2D eigenvalue weighted by molar-refractivity contribution is 7.89. The lowest BCUT2D eigenvalue weighted by Gasteiger charge is -2.26. The number of sulfonamides is 1. The minimum atomic E-state index is -3.52. The summed E-state index contributed by atoms with van der Waals surface area (Å²) in [5, 5.41) is 5.81. The molecule has 0 aliphatic carbocycles. The molecule has 0 unspecified atom stereocenters. The Morgan fingerprint density at radius 3 is 2.67 bits per heavy atom. The number of carbonyl (C=O) groups is 1. The Balaban J connectivity index is 1.60. The molecule has 1 aromatic heterocycles. The number of amides is 1. The van der Waals surface area contributed by atoms with Crippen molar-refractivity contribution < 1.29 is 17.6 Å². The summed E-state index contributed by atoms with van der Waals surface area (Å²) in [7, 11) is -3.52. The van der Waals surface area contributed by atoms with Crippen molar-refractivity contribution in [3.05, 3.63) is 48.4 Å². The van der Waals surface area contributed by atoms with Crippen LogP contribution in [0.25, 0.3) is 0 Å². The molecule has 0 bridgehead atoms. The van der Waals surface area contributed by atoms with E-state index in [4.69, 9.17) is 4.42 Å². The van der Waals surface area contributed by atoms with Crippen LogP contribution in [0.15, 0.2) is 52.0 Å². The average Bonchev–Trinajstić information content (AvgIpc) is 3.22. The molecule has 1 amide bonds. The zero-order chi connectivity index (χ0) is 19.3. The highest BCUT2D eigenvalue weighted by Crippen LogP contribution is 2.22. The predicted octanol–water partition coefficient (Wildman–Crippen LogP) is 2.74. The number of hydrogen-bond donors (Lipinski definition) is 2. The molecule has 1 aliphatic rings. The first-order valence-corrected chi connectivity index (χ1v) is 10.6. The van der Waals surface area contributed by atoms with Gasteiger partial charge in [0.05, 0.1) is 23.7 Å². The quantitative estimate of drug-likeness (QED) is 0.757. The molecule has 1 saturated heterocycles. The molecule has 1 aromatic carbocycles. The summed E-state index contributed by atoms with van der Waals surface area (Å²) in [4.78, 5) is 12.4. The van der Waals surface area contributed by atoms with E-state index in [9.17, 15) is 13.2 Å². The molecule has 1 fully saturated rings. The van der Waals surface area contributed by atoms with Crippen LogP contribution in [-0.4, -0.2) is 38.3 Å². The van der Waals surface area contributed by atoms with Crippen molar-refractivity contribution in [1.29, 1.82) is 0 Å². The second-order valence-electron chi connectivity index (χ2n) is 6.66. The molecule has 1 atom stereocenters. The van der Waals surface area contributed by atoms with Crippen LogP contribution in [0.4, 0.5) is 5.69 Å². The highest BCUT2D eigenvalue weighted by Gasteiger charge is 2.26. The van der Waals surface area contributed by atoms with Gasteiger partial charge in [0.2, 0.25) is 15.9 Å². The second-order valence-corrected chi connectivity index (χ2v) is 8.60. The largest absolute Gasteiger partial charge is 0.468 e. The molecule has 3 rings (SSSR count). The molecule has 0 radical (unpaired) electrons. The van der Waals surface area contributed by atoms with E-state index in [1.165, 1.54) is 10.4 Å². The van der Waals surface area contributed by atoms with Gasteiger partial charge in [-0.05, 0) is 50.1 Å². The van der Waals surface area contributed by atoms with Crippen LogP contribution in [-0.2, 0) is 14.8 Å². The van der Waals surface area contributed by atoms with Crippen molar-refractivity contribution in [2.75, 3.05) is 25.0 Å². The van der Waals surface area contributed by atoms with E-state index in [1.807, 2.05) is 13.0 Å². The number of benzene rings is 1. The molecule has 2 aromatic rings. The highest BCUT2D eigenvalue weighted by atomic mass is 32.2. The van der Waals surface area contributed by atoms with Gasteiger partial charge in [-0.25, -0.2) is 8.42 Å². The van der Waals surface area contributed by atoms with Gasteiger partial charge >= 0.3 is 0 Å². The minimum Gasteiger partial charge on any atom is -0.468 e. The molecule has 7 nitrogen and oxygen atoms in total. The molecule has 0 saturated carbocycles. The predicted molar refractivity (Wildman–Crippen MR) is 103 cm³/mol. The molecular weight excluding hydrogens is 366 g/mol. The normalized spacial score (nSPS) is 16.8. The molecular formula is C19H25N3O4S. The third-order valence-electron chi connectivity index (χ3n) is 4.61. The lowest BCUT2D eigenvalue weighted by molar-refractivity contribution is -0.115. The molecule has 27 heavy (non-hydrogen) atoms. The Labute approximate surface area is 159 Å². The summed E-state index contributed by atoms with van der Waals surface area (Å²) in [6.07, 6.45) is 4.41. The number of nitrogens with zero attached hydrogens (tertiary/aromatic N) is 1. The Morgan fingerprint density at radius 1 is 1.19 bits per heavy atom. The first-order valence-electron chi connectivity index (χ1n) is 9.13. The maximum atomic E-state index is 12.8. The number of nitrogens with one attached hydrogen (secondary N) is 2. The van der Waals surface area contributed by atoms with Gasteiger partial charge in [0, 0.05) is 18.8 Å².